The molecule has 0 radical (unpaired) electrons. The van der Waals surface area contributed by atoms with Crippen molar-refractivity contribution in [1.29, 1.82) is 0 Å². The first-order valence-electron chi connectivity index (χ1n) is 9.08. The lowest BCUT2D eigenvalue weighted by Crippen LogP contribution is -2.47. The average Bonchev–Trinajstić information content (AvgIpc) is 2.66. The Balaban J connectivity index is 0.00000280. The van der Waals surface area contributed by atoms with Crippen LogP contribution in [0.5, 0.6) is 11.5 Å². The Bertz CT molecular complexity index is 825. The van der Waals surface area contributed by atoms with Crippen molar-refractivity contribution in [3.05, 3.63) is 58.6 Å². The fraction of sp³-hybridized carbons (Fsp3) is 0.381. The maximum Gasteiger partial charge on any atom is 0.188 e. The second-order valence-electron chi connectivity index (χ2n) is 6.86. The molecular formula is C21H27ClIN3O2. The van der Waals surface area contributed by atoms with Gasteiger partial charge in [0.25, 0.3) is 0 Å². The zero-order valence-electron chi connectivity index (χ0n) is 16.2. The maximum atomic E-state index is 6.42. The predicted octanol–water partition coefficient (Wildman–Crippen LogP) is 4.50. The van der Waals surface area contributed by atoms with Gasteiger partial charge in [-0.3, -0.25) is 0 Å². The Labute approximate surface area is 188 Å². The van der Waals surface area contributed by atoms with Crippen LogP contribution in [-0.4, -0.2) is 26.7 Å². The molecule has 1 saturated carbocycles. The SMILES string of the molecule is COc1ccc(CN=C(N)NCC2(c3ccccc3Cl)CCC2)cc1OC.I. The first-order chi connectivity index (χ1) is 13.1. The molecule has 0 atom stereocenters. The van der Waals surface area contributed by atoms with Crippen LogP contribution >= 0.6 is 35.6 Å². The number of nitrogens with one attached hydrogen (secondary N) is 1. The first-order valence-corrected chi connectivity index (χ1v) is 9.45. The van der Waals surface area contributed by atoms with Crippen LogP contribution in [-0.2, 0) is 12.0 Å². The highest BCUT2D eigenvalue weighted by Crippen LogP contribution is 2.45. The smallest absolute Gasteiger partial charge is 0.188 e. The highest BCUT2D eigenvalue weighted by Gasteiger charge is 2.39. The number of hydrogen-bond donors (Lipinski definition) is 2. The minimum Gasteiger partial charge on any atom is -0.493 e. The third-order valence-corrected chi connectivity index (χ3v) is 5.57. The van der Waals surface area contributed by atoms with Gasteiger partial charge in [0.1, 0.15) is 0 Å². The second kappa shape index (κ2) is 10.2. The van der Waals surface area contributed by atoms with E-state index in [-0.39, 0.29) is 29.4 Å². The summed E-state index contributed by atoms with van der Waals surface area (Å²) >= 11 is 6.42. The Morgan fingerprint density at radius 3 is 2.46 bits per heavy atom. The van der Waals surface area contributed by atoms with Crippen LogP contribution in [0.2, 0.25) is 5.02 Å². The normalized spacial score (nSPS) is 15.2. The molecule has 3 N–H and O–H groups in total. The van der Waals surface area contributed by atoms with Gasteiger partial charge in [0.15, 0.2) is 17.5 Å². The topological polar surface area (TPSA) is 68.9 Å². The Hall–Kier alpha value is -1.67. The molecule has 0 saturated heterocycles. The van der Waals surface area contributed by atoms with Gasteiger partial charge in [-0.05, 0) is 42.2 Å². The first kappa shape index (κ1) is 22.6. The quantitative estimate of drug-likeness (QED) is 0.324. The Morgan fingerprint density at radius 1 is 1.14 bits per heavy atom. The number of ether oxygens (including phenoxy) is 2. The minimum absolute atomic E-state index is 0. The van der Waals surface area contributed by atoms with Crippen molar-refractivity contribution in [3.63, 3.8) is 0 Å². The van der Waals surface area contributed by atoms with Crippen LogP contribution in [0, 0.1) is 0 Å². The van der Waals surface area contributed by atoms with E-state index < -0.39 is 0 Å². The molecular weight excluding hydrogens is 489 g/mol. The van der Waals surface area contributed by atoms with Crippen LogP contribution < -0.4 is 20.5 Å². The summed E-state index contributed by atoms with van der Waals surface area (Å²) in [5.41, 5.74) is 8.34. The predicted molar refractivity (Wildman–Crippen MR) is 125 cm³/mol. The highest BCUT2D eigenvalue weighted by molar-refractivity contribution is 14.0. The van der Waals surface area contributed by atoms with Crippen molar-refractivity contribution in [2.24, 2.45) is 10.7 Å². The number of guanidine groups is 1. The fourth-order valence-electron chi connectivity index (χ4n) is 3.51. The molecule has 7 heteroatoms. The lowest BCUT2D eigenvalue weighted by atomic mass is 9.64. The molecule has 1 aliphatic rings. The standard InChI is InChI=1S/C21H26ClN3O2.HI/c1-26-18-9-8-15(12-19(18)27-2)13-24-20(23)25-14-21(10-5-11-21)16-6-3-4-7-17(16)22;/h3-4,6-9,12H,5,10-11,13-14H2,1-2H3,(H3,23,24,25);1H. The molecule has 0 spiro atoms. The molecule has 0 heterocycles. The third kappa shape index (κ3) is 5.03. The molecule has 5 nitrogen and oxygen atoms in total. The number of halogens is 2. The molecule has 2 aromatic carbocycles. The van der Waals surface area contributed by atoms with Gasteiger partial charge in [0.05, 0.1) is 20.8 Å². The Kier molecular flexibility index (Phi) is 8.24. The van der Waals surface area contributed by atoms with Gasteiger partial charge in [-0.25, -0.2) is 4.99 Å². The summed E-state index contributed by atoms with van der Waals surface area (Å²) in [4.78, 5) is 4.46. The van der Waals surface area contributed by atoms with E-state index in [1.54, 1.807) is 14.2 Å². The summed E-state index contributed by atoms with van der Waals surface area (Å²) in [7, 11) is 3.24. The van der Waals surface area contributed by atoms with E-state index in [1.165, 1.54) is 12.0 Å². The van der Waals surface area contributed by atoms with E-state index in [1.807, 2.05) is 36.4 Å². The molecule has 2 aromatic rings. The van der Waals surface area contributed by atoms with Crippen LogP contribution in [0.4, 0.5) is 0 Å². The van der Waals surface area contributed by atoms with Gasteiger partial charge in [-0.15, -0.1) is 24.0 Å². The lowest BCUT2D eigenvalue weighted by Gasteiger charge is -2.43. The monoisotopic (exact) mass is 515 g/mol. The summed E-state index contributed by atoms with van der Waals surface area (Å²) in [5, 5.41) is 4.10. The summed E-state index contributed by atoms with van der Waals surface area (Å²) in [5.74, 6) is 1.81. The van der Waals surface area contributed by atoms with Crippen molar-refractivity contribution in [2.75, 3.05) is 20.8 Å². The van der Waals surface area contributed by atoms with Gasteiger partial charge in [0.2, 0.25) is 0 Å². The van der Waals surface area contributed by atoms with Crippen LogP contribution in [0.15, 0.2) is 47.5 Å². The molecule has 152 valence electrons. The highest BCUT2D eigenvalue weighted by atomic mass is 127. The molecule has 0 aromatic heterocycles. The maximum absolute atomic E-state index is 6.42. The van der Waals surface area contributed by atoms with Crippen molar-refractivity contribution in [2.45, 2.75) is 31.2 Å². The van der Waals surface area contributed by atoms with E-state index in [0.29, 0.717) is 24.0 Å². The Morgan fingerprint density at radius 2 is 1.86 bits per heavy atom. The third-order valence-electron chi connectivity index (χ3n) is 5.24. The van der Waals surface area contributed by atoms with Gasteiger partial charge in [0, 0.05) is 17.0 Å². The van der Waals surface area contributed by atoms with Crippen LogP contribution in [0.1, 0.15) is 30.4 Å². The molecule has 1 fully saturated rings. The fourth-order valence-corrected chi connectivity index (χ4v) is 3.84. The largest absolute Gasteiger partial charge is 0.493 e. The number of nitrogens with two attached hydrogens (primary N) is 1. The van der Waals surface area contributed by atoms with E-state index in [2.05, 4.69) is 16.4 Å². The summed E-state index contributed by atoms with van der Waals surface area (Å²) in [6.45, 7) is 1.20. The molecule has 28 heavy (non-hydrogen) atoms. The summed E-state index contributed by atoms with van der Waals surface area (Å²) < 4.78 is 10.6. The number of hydrogen-bond acceptors (Lipinski definition) is 3. The van der Waals surface area contributed by atoms with Crippen molar-refractivity contribution < 1.29 is 9.47 Å². The van der Waals surface area contributed by atoms with Gasteiger partial charge >= 0.3 is 0 Å². The second-order valence-corrected chi connectivity index (χ2v) is 7.27. The molecule has 3 rings (SSSR count). The summed E-state index contributed by atoms with van der Waals surface area (Å²) in [6.07, 6.45) is 3.41. The van der Waals surface area contributed by atoms with Crippen molar-refractivity contribution in [3.8, 4) is 11.5 Å². The average molecular weight is 516 g/mol. The van der Waals surface area contributed by atoms with E-state index in [9.17, 15) is 0 Å². The number of nitrogens with zero attached hydrogens (tertiary/aromatic N) is 1. The molecule has 0 aliphatic heterocycles. The molecule has 0 amide bonds. The van der Waals surface area contributed by atoms with E-state index in [0.717, 1.165) is 30.0 Å². The number of methoxy groups -OCH3 is 2. The molecule has 1 aliphatic carbocycles. The number of benzene rings is 2. The molecule has 0 bridgehead atoms. The minimum atomic E-state index is 0. The number of aliphatic imine (C=N–C) groups is 1. The molecule has 0 unspecified atom stereocenters. The van der Waals surface area contributed by atoms with Gasteiger partial charge < -0.3 is 20.5 Å². The zero-order chi connectivity index (χ0) is 19.3. The van der Waals surface area contributed by atoms with E-state index in [4.69, 9.17) is 26.8 Å². The van der Waals surface area contributed by atoms with Crippen molar-refractivity contribution >= 4 is 41.5 Å². The summed E-state index contributed by atoms with van der Waals surface area (Å²) in [6, 6.07) is 13.8. The number of rotatable bonds is 7. The van der Waals surface area contributed by atoms with Crippen molar-refractivity contribution in [1.82, 2.24) is 5.32 Å². The van der Waals surface area contributed by atoms with Crippen LogP contribution in [0.25, 0.3) is 0 Å². The van der Waals surface area contributed by atoms with E-state index >= 15 is 0 Å². The van der Waals surface area contributed by atoms with Crippen LogP contribution in [0.3, 0.4) is 0 Å². The zero-order valence-corrected chi connectivity index (χ0v) is 19.3. The lowest BCUT2D eigenvalue weighted by molar-refractivity contribution is 0.244. The van der Waals surface area contributed by atoms with Gasteiger partial charge in [-0.2, -0.15) is 0 Å². The van der Waals surface area contributed by atoms with Gasteiger partial charge in [-0.1, -0.05) is 42.3 Å².